The molecule has 15 heavy (non-hydrogen) atoms. The molecule has 0 heterocycles. The lowest BCUT2D eigenvalue weighted by atomic mass is 10.2. The third-order valence-electron chi connectivity index (χ3n) is 1.61. The van der Waals surface area contributed by atoms with Gasteiger partial charge in [0, 0.05) is 24.7 Å². The van der Waals surface area contributed by atoms with Gasteiger partial charge in [-0.3, -0.25) is 4.79 Å². The van der Waals surface area contributed by atoms with Gasteiger partial charge in [-0.25, -0.2) is 4.39 Å². The standard InChI is InChI=1S/C12H11FOS/c1-10(14)15-9-3-2-4-11-5-7-12(13)8-6-11/h5-8H,3,9H2,1H3. The minimum Gasteiger partial charge on any atom is -0.288 e. The van der Waals surface area contributed by atoms with Crippen molar-refractivity contribution < 1.29 is 9.18 Å². The Bertz CT molecular complexity index is 386. The maximum absolute atomic E-state index is 12.5. The molecule has 0 atom stereocenters. The summed E-state index contributed by atoms with van der Waals surface area (Å²) in [7, 11) is 0. The monoisotopic (exact) mass is 222 g/mol. The third-order valence-corrected chi connectivity index (χ3v) is 2.42. The molecule has 0 aliphatic rings. The second-order valence-electron chi connectivity index (χ2n) is 2.90. The predicted molar refractivity (Wildman–Crippen MR) is 61.0 cm³/mol. The molecule has 1 aromatic carbocycles. The number of hydrogen-bond acceptors (Lipinski definition) is 2. The lowest BCUT2D eigenvalue weighted by molar-refractivity contribution is -0.109. The Kier molecular flexibility index (Phi) is 4.92. The number of carbonyl (C=O) groups is 1. The third kappa shape index (κ3) is 5.24. The fraction of sp³-hybridized carbons (Fsp3) is 0.250. The van der Waals surface area contributed by atoms with E-state index in [1.165, 1.54) is 30.8 Å². The highest BCUT2D eigenvalue weighted by molar-refractivity contribution is 8.13. The van der Waals surface area contributed by atoms with Crippen LogP contribution in [0.3, 0.4) is 0 Å². The van der Waals surface area contributed by atoms with Crippen LogP contribution in [0.1, 0.15) is 18.9 Å². The van der Waals surface area contributed by atoms with E-state index >= 15 is 0 Å². The smallest absolute Gasteiger partial charge is 0.185 e. The average molecular weight is 222 g/mol. The molecule has 0 radical (unpaired) electrons. The molecule has 0 spiro atoms. The molecule has 0 N–H and O–H groups in total. The van der Waals surface area contributed by atoms with Gasteiger partial charge < -0.3 is 0 Å². The number of benzene rings is 1. The van der Waals surface area contributed by atoms with Gasteiger partial charge in [-0.05, 0) is 24.3 Å². The molecule has 0 aliphatic heterocycles. The Labute approximate surface area is 93.1 Å². The summed E-state index contributed by atoms with van der Waals surface area (Å²) in [6, 6.07) is 6.05. The van der Waals surface area contributed by atoms with Crippen molar-refractivity contribution in [1.82, 2.24) is 0 Å². The van der Waals surface area contributed by atoms with E-state index in [9.17, 15) is 9.18 Å². The van der Waals surface area contributed by atoms with E-state index in [-0.39, 0.29) is 10.9 Å². The van der Waals surface area contributed by atoms with Crippen LogP contribution in [0.5, 0.6) is 0 Å². The summed E-state index contributed by atoms with van der Waals surface area (Å²) in [5.74, 6) is 6.29. The van der Waals surface area contributed by atoms with Crippen molar-refractivity contribution in [3.8, 4) is 11.8 Å². The molecule has 0 fully saturated rings. The van der Waals surface area contributed by atoms with Crippen molar-refractivity contribution in [1.29, 1.82) is 0 Å². The van der Waals surface area contributed by atoms with E-state index in [0.29, 0.717) is 12.2 Å². The molecule has 3 heteroatoms. The molecule has 0 saturated heterocycles. The predicted octanol–water partition coefficient (Wildman–Crippen LogP) is 2.85. The lowest BCUT2D eigenvalue weighted by Gasteiger charge is -1.90. The largest absolute Gasteiger partial charge is 0.288 e. The molecule has 0 bridgehead atoms. The lowest BCUT2D eigenvalue weighted by Crippen LogP contribution is -1.84. The van der Waals surface area contributed by atoms with Crippen LogP contribution in [0.4, 0.5) is 4.39 Å². The van der Waals surface area contributed by atoms with Crippen LogP contribution >= 0.6 is 11.8 Å². The Morgan fingerprint density at radius 3 is 2.67 bits per heavy atom. The summed E-state index contributed by atoms with van der Waals surface area (Å²) in [4.78, 5) is 10.6. The minimum atomic E-state index is -0.257. The van der Waals surface area contributed by atoms with Crippen molar-refractivity contribution in [2.45, 2.75) is 13.3 Å². The van der Waals surface area contributed by atoms with Crippen molar-refractivity contribution >= 4 is 16.9 Å². The number of carbonyl (C=O) groups excluding carboxylic acids is 1. The summed E-state index contributed by atoms with van der Waals surface area (Å²) >= 11 is 1.27. The normalized spacial score (nSPS) is 9.20. The molecular weight excluding hydrogens is 211 g/mol. The molecule has 1 rings (SSSR count). The first-order chi connectivity index (χ1) is 7.18. The van der Waals surface area contributed by atoms with E-state index < -0.39 is 0 Å². The van der Waals surface area contributed by atoms with Crippen LogP contribution in [-0.2, 0) is 4.79 Å². The van der Waals surface area contributed by atoms with Gasteiger partial charge in [0.1, 0.15) is 5.82 Å². The van der Waals surface area contributed by atoms with Gasteiger partial charge in [0.15, 0.2) is 5.12 Å². The Morgan fingerprint density at radius 2 is 2.07 bits per heavy atom. The van der Waals surface area contributed by atoms with Gasteiger partial charge >= 0.3 is 0 Å². The molecule has 0 aliphatic carbocycles. The van der Waals surface area contributed by atoms with Gasteiger partial charge in [0.05, 0.1) is 0 Å². The van der Waals surface area contributed by atoms with E-state index in [1.807, 2.05) is 0 Å². The maximum atomic E-state index is 12.5. The zero-order chi connectivity index (χ0) is 11.1. The van der Waals surface area contributed by atoms with Crippen molar-refractivity contribution in [3.63, 3.8) is 0 Å². The maximum Gasteiger partial charge on any atom is 0.185 e. The zero-order valence-electron chi connectivity index (χ0n) is 8.42. The zero-order valence-corrected chi connectivity index (χ0v) is 9.23. The van der Waals surface area contributed by atoms with Crippen LogP contribution in [-0.4, -0.2) is 10.9 Å². The van der Waals surface area contributed by atoms with Crippen LogP contribution in [0, 0.1) is 17.7 Å². The van der Waals surface area contributed by atoms with E-state index in [1.54, 1.807) is 12.1 Å². The van der Waals surface area contributed by atoms with Crippen molar-refractivity contribution in [2.75, 3.05) is 5.75 Å². The topological polar surface area (TPSA) is 17.1 Å². The Morgan fingerprint density at radius 1 is 1.40 bits per heavy atom. The van der Waals surface area contributed by atoms with Crippen LogP contribution < -0.4 is 0 Å². The molecule has 1 nitrogen and oxygen atoms in total. The number of halogens is 1. The summed E-state index contributed by atoms with van der Waals surface area (Å²) in [5.41, 5.74) is 0.796. The van der Waals surface area contributed by atoms with Crippen molar-refractivity contribution in [2.24, 2.45) is 0 Å². The molecule has 0 unspecified atom stereocenters. The highest BCUT2D eigenvalue weighted by Gasteiger charge is 1.91. The highest BCUT2D eigenvalue weighted by Crippen LogP contribution is 2.03. The van der Waals surface area contributed by atoms with Crippen LogP contribution in [0.2, 0.25) is 0 Å². The number of thioether (sulfide) groups is 1. The second-order valence-corrected chi connectivity index (χ2v) is 4.17. The molecule has 0 saturated carbocycles. The summed E-state index contributed by atoms with van der Waals surface area (Å²) in [5, 5.41) is 0.110. The van der Waals surface area contributed by atoms with Gasteiger partial charge in [0.2, 0.25) is 0 Å². The van der Waals surface area contributed by atoms with Crippen LogP contribution in [0.25, 0.3) is 0 Å². The Balaban J connectivity index is 2.38. The molecule has 0 amide bonds. The SMILES string of the molecule is CC(=O)SCCC#Cc1ccc(F)cc1. The van der Waals surface area contributed by atoms with Gasteiger partial charge in [-0.15, -0.1) is 0 Å². The first-order valence-corrected chi connectivity index (χ1v) is 5.55. The van der Waals surface area contributed by atoms with E-state index in [4.69, 9.17) is 0 Å². The number of hydrogen-bond donors (Lipinski definition) is 0. The first-order valence-electron chi connectivity index (χ1n) is 4.56. The first kappa shape index (κ1) is 11.8. The van der Waals surface area contributed by atoms with E-state index in [2.05, 4.69) is 11.8 Å². The summed E-state index contributed by atoms with van der Waals surface area (Å²) < 4.78 is 12.5. The molecule has 1 aromatic rings. The molecule has 0 aromatic heterocycles. The second kappa shape index (κ2) is 6.26. The van der Waals surface area contributed by atoms with Crippen LogP contribution in [0.15, 0.2) is 24.3 Å². The fourth-order valence-electron chi connectivity index (χ4n) is 0.944. The summed E-state index contributed by atoms with van der Waals surface area (Å²) in [6.45, 7) is 1.54. The quantitative estimate of drug-likeness (QED) is 0.565. The van der Waals surface area contributed by atoms with Gasteiger partial charge in [-0.2, -0.15) is 0 Å². The molecule has 78 valence electrons. The van der Waals surface area contributed by atoms with Gasteiger partial charge in [0.25, 0.3) is 0 Å². The average Bonchev–Trinajstić information content (AvgIpc) is 2.20. The fourth-order valence-corrected chi connectivity index (χ4v) is 1.44. The summed E-state index contributed by atoms with van der Waals surface area (Å²) in [6.07, 6.45) is 0.668. The van der Waals surface area contributed by atoms with Gasteiger partial charge in [-0.1, -0.05) is 23.6 Å². The van der Waals surface area contributed by atoms with Crippen molar-refractivity contribution in [3.05, 3.63) is 35.6 Å². The highest BCUT2D eigenvalue weighted by atomic mass is 32.2. The molecular formula is C12H11FOS. The Hall–Kier alpha value is -1.27. The van der Waals surface area contributed by atoms with E-state index in [0.717, 1.165) is 5.56 Å². The number of rotatable bonds is 2. The minimum absolute atomic E-state index is 0.110.